The van der Waals surface area contributed by atoms with Gasteiger partial charge >= 0.3 is 6.09 Å². The van der Waals surface area contributed by atoms with E-state index in [1.54, 1.807) is 0 Å². The molecule has 4 aliphatic carbocycles. The van der Waals surface area contributed by atoms with Gasteiger partial charge in [0, 0.05) is 25.0 Å². The highest BCUT2D eigenvalue weighted by molar-refractivity contribution is 5.85. The van der Waals surface area contributed by atoms with Crippen LogP contribution in [0.15, 0.2) is 5.16 Å². The van der Waals surface area contributed by atoms with Crippen LogP contribution in [0.1, 0.15) is 92.4 Å². The summed E-state index contributed by atoms with van der Waals surface area (Å²) in [7, 11) is 0. The number of rotatable bonds is 8. The van der Waals surface area contributed by atoms with E-state index in [0.29, 0.717) is 42.3 Å². The van der Waals surface area contributed by atoms with E-state index in [1.807, 2.05) is 20.8 Å². The first-order valence-electron chi connectivity index (χ1n) is 14.6. The first-order chi connectivity index (χ1) is 17.1. The van der Waals surface area contributed by atoms with E-state index in [-0.39, 0.29) is 18.1 Å². The SMILES string of the molecule is C/C(=N\OC(=O)N(CCF)CCNC(C)C)[C@H]1CC[C@H]2[C@@H]3CC[C@@H]4C[C@H](O)CC[C@]4(C)[C@H]3CC[C@]12C. The van der Waals surface area contributed by atoms with E-state index < -0.39 is 12.8 Å². The summed E-state index contributed by atoms with van der Waals surface area (Å²) >= 11 is 0. The smallest absolute Gasteiger partial charge is 0.393 e. The van der Waals surface area contributed by atoms with E-state index in [0.717, 1.165) is 36.8 Å². The number of amides is 1. The molecule has 0 heterocycles. The second kappa shape index (κ2) is 11.3. The molecule has 0 bridgehead atoms. The summed E-state index contributed by atoms with van der Waals surface area (Å²) in [5.41, 5.74) is 1.48. The number of aliphatic hydroxyl groups is 1. The fraction of sp³-hybridized carbons (Fsp3) is 0.931. The molecule has 0 aromatic heterocycles. The number of nitrogens with one attached hydrogen (secondary N) is 1. The standard InChI is InChI=1S/C29H50FN3O3/c1-19(2)31-15-17-33(16-14-30)27(35)36-32-20(3)24-8-9-25-23-7-6-21-18-22(34)10-12-28(21,4)26(23)11-13-29(24,25)5/h19,21-26,31,34H,6-18H2,1-5H3/b32-20+/t21-,22-,23+,24-,25+,26+,28+,29-/m1/s1. The number of halogens is 1. The molecule has 7 heteroatoms. The summed E-state index contributed by atoms with van der Waals surface area (Å²) in [6.07, 6.45) is 9.80. The Balaban J connectivity index is 1.40. The average molecular weight is 508 g/mol. The average Bonchev–Trinajstić information content (AvgIpc) is 3.19. The molecule has 0 aromatic rings. The topological polar surface area (TPSA) is 74.2 Å². The van der Waals surface area contributed by atoms with Crippen LogP contribution in [0.4, 0.5) is 9.18 Å². The van der Waals surface area contributed by atoms with Gasteiger partial charge in [-0.1, -0.05) is 32.9 Å². The Morgan fingerprint density at radius 1 is 1.08 bits per heavy atom. The van der Waals surface area contributed by atoms with Crippen LogP contribution in [0.5, 0.6) is 0 Å². The maximum absolute atomic E-state index is 13.0. The Labute approximate surface area is 217 Å². The van der Waals surface area contributed by atoms with Crippen LogP contribution >= 0.6 is 0 Å². The number of carbonyl (C=O) groups is 1. The molecule has 4 rings (SSSR count). The van der Waals surface area contributed by atoms with Crippen molar-refractivity contribution in [3.63, 3.8) is 0 Å². The second-order valence-corrected chi connectivity index (χ2v) is 13.1. The number of hydrogen-bond acceptors (Lipinski definition) is 5. The number of nitrogens with zero attached hydrogens (tertiary/aromatic N) is 2. The third-order valence-electron chi connectivity index (χ3n) is 11.0. The largest absolute Gasteiger partial charge is 0.436 e. The van der Waals surface area contributed by atoms with Crippen molar-refractivity contribution in [2.75, 3.05) is 26.3 Å². The van der Waals surface area contributed by atoms with E-state index in [2.05, 4.69) is 24.3 Å². The van der Waals surface area contributed by atoms with Gasteiger partial charge in [-0.05, 0) is 99.2 Å². The van der Waals surface area contributed by atoms with Crippen molar-refractivity contribution in [1.29, 1.82) is 0 Å². The van der Waals surface area contributed by atoms with Crippen molar-refractivity contribution in [3.05, 3.63) is 0 Å². The van der Waals surface area contributed by atoms with Gasteiger partial charge in [0.1, 0.15) is 6.67 Å². The van der Waals surface area contributed by atoms with Gasteiger partial charge in [-0.3, -0.25) is 4.84 Å². The molecule has 2 N–H and O–H groups in total. The number of hydrogen-bond donors (Lipinski definition) is 2. The monoisotopic (exact) mass is 507 g/mol. The van der Waals surface area contributed by atoms with Crippen molar-refractivity contribution in [3.8, 4) is 0 Å². The lowest BCUT2D eigenvalue weighted by molar-refractivity contribution is -0.123. The highest BCUT2D eigenvalue weighted by atomic mass is 19.1. The highest BCUT2D eigenvalue weighted by Crippen LogP contribution is 2.67. The molecule has 6 nitrogen and oxygen atoms in total. The minimum Gasteiger partial charge on any atom is -0.393 e. The molecule has 0 unspecified atom stereocenters. The normalized spacial score (nSPS) is 40.4. The van der Waals surface area contributed by atoms with Crippen LogP contribution in [0.2, 0.25) is 0 Å². The van der Waals surface area contributed by atoms with E-state index in [4.69, 9.17) is 4.84 Å². The van der Waals surface area contributed by atoms with Gasteiger partial charge < -0.3 is 15.3 Å². The zero-order chi connectivity index (χ0) is 26.1. The van der Waals surface area contributed by atoms with Gasteiger partial charge in [-0.15, -0.1) is 0 Å². The predicted molar refractivity (Wildman–Crippen MR) is 142 cm³/mol. The van der Waals surface area contributed by atoms with E-state index in [1.165, 1.54) is 43.4 Å². The van der Waals surface area contributed by atoms with Gasteiger partial charge in [0.25, 0.3) is 0 Å². The number of oxime groups is 1. The fourth-order valence-corrected chi connectivity index (χ4v) is 9.04. The molecule has 0 saturated heterocycles. The van der Waals surface area contributed by atoms with Gasteiger partial charge in [0.05, 0.1) is 18.4 Å². The summed E-state index contributed by atoms with van der Waals surface area (Å²) < 4.78 is 13.0. The molecule has 36 heavy (non-hydrogen) atoms. The molecule has 0 spiro atoms. The Kier molecular flexibility index (Phi) is 8.70. The minimum atomic E-state index is -0.594. The maximum atomic E-state index is 13.0. The molecule has 206 valence electrons. The van der Waals surface area contributed by atoms with Crippen LogP contribution < -0.4 is 5.32 Å². The summed E-state index contributed by atoms with van der Waals surface area (Å²) in [5, 5.41) is 17.9. The van der Waals surface area contributed by atoms with Gasteiger partial charge in [-0.2, -0.15) is 0 Å². The molecular formula is C29H50FN3O3. The number of fused-ring (bicyclic) bond motifs is 5. The fourth-order valence-electron chi connectivity index (χ4n) is 9.04. The maximum Gasteiger partial charge on any atom is 0.436 e. The van der Waals surface area contributed by atoms with Gasteiger partial charge in [0.2, 0.25) is 0 Å². The van der Waals surface area contributed by atoms with E-state index in [9.17, 15) is 14.3 Å². The summed E-state index contributed by atoms with van der Waals surface area (Å²) in [4.78, 5) is 19.4. The lowest BCUT2D eigenvalue weighted by Gasteiger charge is -2.61. The van der Waals surface area contributed by atoms with Crippen molar-refractivity contribution < 1.29 is 19.1 Å². The molecule has 0 radical (unpaired) electrons. The Morgan fingerprint density at radius 2 is 1.81 bits per heavy atom. The summed E-state index contributed by atoms with van der Waals surface area (Å²) in [6, 6.07) is 0.307. The Morgan fingerprint density at radius 3 is 2.53 bits per heavy atom. The van der Waals surface area contributed by atoms with E-state index >= 15 is 0 Å². The zero-order valence-electron chi connectivity index (χ0n) is 23.3. The van der Waals surface area contributed by atoms with Gasteiger partial charge in [0.15, 0.2) is 0 Å². The molecule has 8 atom stereocenters. The quantitative estimate of drug-likeness (QED) is 0.248. The Hall–Kier alpha value is -1.21. The van der Waals surface area contributed by atoms with Crippen LogP contribution in [0.3, 0.4) is 0 Å². The lowest BCUT2D eigenvalue weighted by atomic mass is 9.44. The van der Waals surface area contributed by atoms with Crippen molar-refractivity contribution in [1.82, 2.24) is 10.2 Å². The summed E-state index contributed by atoms with van der Waals surface area (Å²) in [6.45, 7) is 11.5. The zero-order valence-corrected chi connectivity index (χ0v) is 23.3. The first-order valence-corrected chi connectivity index (χ1v) is 14.6. The van der Waals surface area contributed by atoms with Crippen LogP contribution in [0, 0.1) is 40.4 Å². The number of carbonyl (C=O) groups excluding carboxylic acids is 1. The van der Waals surface area contributed by atoms with Crippen molar-refractivity contribution in [2.45, 2.75) is 105 Å². The first kappa shape index (κ1) is 27.8. The third kappa shape index (κ3) is 5.34. The molecule has 4 aliphatic rings. The molecule has 0 aromatic carbocycles. The third-order valence-corrected chi connectivity index (χ3v) is 11.0. The molecule has 4 saturated carbocycles. The minimum absolute atomic E-state index is 0.0241. The summed E-state index contributed by atoms with van der Waals surface area (Å²) in [5.74, 6) is 3.22. The molecule has 0 aliphatic heterocycles. The Bertz CT molecular complexity index is 807. The second-order valence-electron chi connectivity index (χ2n) is 13.1. The van der Waals surface area contributed by atoms with Crippen molar-refractivity contribution >= 4 is 11.8 Å². The number of alkyl halides is 1. The van der Waals surface area contributed by atoms with Gasteiger partial charge in [-0.25, -0.2) is 9.18 Å². The van der Waals surface area contributed by atoms with Crippen LogP contribution in [-0.2, 0) is 4.84 Å². The van der Waals surface area contributed by atoms with Crippen molar-refractivity contribution in [2.24, 2.45) is 45.6 Å². The van der Waals surface area contributed by atoms with Crippen LogP contribution in [0.25, 0.3) is 0 Å². The number of aliphatic hydroxyl groups excluding tert-OH is 1. The molecule has 4 fully saturated rings. The predicted octanol–water partition coefficient (Wildman–Crippen LogP) is 5.79. The highest BCUT2D eigenvalue weighted by Gasteiger charge is 2.60. The molecule has 1 amide bonds. The van der Waals surface area contributed by atoms with Crippen LogP contribution in [-0.4, -0.2) is 60.3 Å². The molecular weight excluding hydrogens is 457 g/mol. The lowest BCUT2D eigenvalue weighted by Crippen LogP contribution is -2.54.